The van der Waals surface area contributed by atoms with Gasteiger partial charge in [-0.1, -0.05) is 36.9 Å². The van der Waals surface area contributed by atoms with Gasteiger partial charge in [-0.25, -0.2) is 9.78 Å². The summed E-state index contributed by atoms with van der Waals surface area (Å²) in [6, 6.07) is 9.04. The lowest BCUT2D eigenvalue weighted by Gasteiger charge is -2.17. The number of aromatic nitrogens is 4. The third kappa shape index (κ3) is 5.22. The maximum atomic E-state index is 12.6. The fraction of sp³-hybridized carbons (Fsp3) is 0.429. The van der Waals surface area contributed by atoms with Crippen LogP contribution in [0.15, 0.2) is 45.1 Å². The third-order valence-electron chi connectivity index (χ3n) is 4.72. The zero-order chi connectivity index (χ0) is 23.3. The molecule has 0 amide bonds. The second-order valence-corrected chi connectivity index (χ2v) is 8.21. The number of imidazole rings is 1. The highest BCUT2D eigenvalue weighted by Gasteiger charge is 2.26. The van der Waals surface area contributed by atoms with Crippen LogP contribution in [0.5, 0.6) is 5.75 Å². The van der Waals surface area contributed by atoms with E-state index >= 15 is 0 Å². The van der Waals surface area contributed by atoms with E-state index in [1.165, 1.54) is 16.2 Å². The number of hydrogen-bond acceptors (Lipinski definition) is 8. The lowest BCUT2D eigenvalue weighted by molar-refractivity contribution is -0.142. The van der Waals surface area contributed by atoms with Crippen LogP contribution in [0.2, 0.25) is 0 Å². The van der Waals surface area contributed by atoms with Gasteiger partial charge in [-0.2, -0.15) is 0 Å². The molecule has 2 heterocycles. The van der Waals surface area contributed by atoms with Gasteiger partial charge in [0.15, 0.2) is 16.3 Å². The number of aliphatic hydroxyl groups excluding tert-OH is 1. The number of aryl methyl sites for hydroxylation is 1. The highest BCUT2D eigenvalue weighted by atomic mass is 32.2. The Labute approximate surface area is 188 Å². The van der Waals surface area contributed by atoms with Crippen LogP contribution < -0.4 is 16.0 Å². The summed E-state index contributed by atoms with van der Waals surface area (Å²) in [6.45, 7) is 3.77. The predicted molar refractivity (Wildman–Crippen MR) is 120 cm³/mol. The molecule has 2 atom stereocenters. The van der Waals surface area contributed by atoms with Crippen molar-refractivity contribution in [3.05, 3.63) is 51.2 Å². The van der Waals surface area contributed by atoms with Crippen LogP contribution in [0.4, 0.5) is 0 Å². The first-order chi connectivity index (χ1) is 15.3. The molecule has 0 aliphatic rings. The molecule has 11 heteroatoms. The van der Waals surface area contributed by atoms with Crippen molar-refractivity contribution in [3.8, 4) is 5.75 Å². The summed E-state index contributed by atoms with van der Waals surface area (Å²) in [6.07, 6.45) is -0.506. The van der Waals surface area contributed by atoms with Crippen LogP contribution >= 0.6 is 11.8 Å². The van der Waals surface area contributed by atoms with Gasteiger partial charge in [-0.15, -0.1) is 0 Å². The van der Waals surface area contributed by atoms with E-state index in [1.807, 2.05) is 25.1 Å². The monoisotopic (exact) mass is 462 g/mol. The van der Waals surface area contributed by atoms with Crippen molar-refractivity contribution >= 4 is 28.9 Å². The van der Waals surface area contributed by atoms with E-state index in [2.05, 4.69) is 9.97 Å². The lowest BCUT2D eigenvalue weighted by Crippen LogP contribution is -2.31. The molecule has 3 aromatic rings. The highest BCUT2D eigenvalue weighted by molar-refractivity contribution is 8.00. The number of hydrogen-bond donors (Lipinski definition) is 2. The molecule has 3 rings (SSSR count). The van der Waals surface area contributed by atoms with E-state index in [-0.39, 0.29) is 30.9 Å². The van der Waals surface area contributed by atoms with Gasteiger partial charge in [-0.05, 0) is 25.5 Å². The molecule has 0 aliphatic carbocycles. The van der Waals surface area contributed by atoms with Gasteiger partial charge in [0.1, 0.15) is 23.7 Å². The minimum Gasteiger partial charge on any atom is -0.491 e. The summed E-state index contributed by atoms with van der Waals surface area (Å²) in [5.41, 5.74) is -0.930. The number of H-pyrrole nitrogens is 1. The Kier molecular flexibility index (Phi) is 7.75. The number of carbonyl (C=O) groups excluding carboxylic acids is 1. The lowest BCUT2D eigenvalue weighted by atomic mass is 10.3. The van der Waals surface area contributed by atoms with E-state index < -0.39 is 28.6 Å². The molecule has 0 aliphatic heterocycles. The van der Waals surface area contributed by atoms with Crippen LogP contribution in [0.1, 0.15) is 20.3 Å². The second kappa shape index (κ2) is 10.5. The summed E-state index contributed by atoms with van der Waals surface area (Å²) >= 11 is 1.13. The number of fused-ring (bicyclic) bond motifs is 1. The molecule has 0 unspecified atom stereocenters. The number of aromatic amines is 1. The molecule has 2 aromatic heterocycles. The number of para-hydroxylation sites is 1. The van der Waals surface area contributed by atoms with Crippen molar-refractivity contribution in [2.24, 2.45) is 7.05 Å². The SMILES string of the molecule is CCOC(=O)[C@H](CC)Sc1nc2c(c(=O)[nH]c(=O)n2C)n1C[C@H](O)COc1ccccc1. The Morgan fingerprint density at radius 3 is 2.62 bits per heavy atom. The van der Waals surface area contributed by atoms with Crippen LogP contribution in [-0.2, 0) is 23.1 Å². The fourth-order valence-corrected chi connectivity index (χ4v) is 4.12. The predicted octanol–water partition coefficient (Wildman–Crippen LogP) is 1.30. The molecule has 32 heavy (non-hydrogen) atoms. The molecular weight excluding hydrogens is 436 g/mol. The second-order valence-electron chi connectivity index (χ2n) is 7.04. The summed E-state index contributed by atoms with van der Waals surface area (Å²) in [7, 11) is 1.49. The van der Waals surface area contributed by atoms with E-state index in [0.717, 1.165) is 11.8 Å². The number of aliphatic hydroxyl groups is 1. The topological polar surface area (TPSA) is 128 Å². The van der Waals surface area contributed by atoms with Crippen LogP contribution in [0.25, 0.3) is 11.2 Å². The minimum atomic E-state index is -0.980. The average molecular weight is 463 g/mol. The first-order valence-corrected chi connectivity index (χ1v) is 11.1. The number of carbonyl (C=O) groups is 1. The zero-order valence-corrected chi connectivity index (χ0v) is 18.9. The van der Waals surface area contributed by atoms with Gasteiger partial charge in [-0.3, -0.25) is 19.1 Å². The van der Waals surface area contributed by atoms with Gasteiger partial charge in [0.2, 0.25) is 0 Å². The molecule has 0 radical (unpaired) electrons. The molecule has 1 aromatic carbocycles. The Hall–Kier alpha value is -3.05. The van der Waals surface area contributed by atoms with Crippen LogP contribution in [-0.4, -0.2) is 54.7 Å². The van der Waals surface area contributed by atoms with Crippen molar-refractivity contribution in [2.75, 3.05) is 13.2 Å². The summed E-state index contributed by atoms with van der Waals surface area (Å²) in [5, 5.41) is 10.4. The van der Waals surface area contributed by atoms with Gasteiger partial charge in [0.25, 0.3) is 5.56 Å². The van der Waals surface area contributed by atoms with Gasteiger partial charge < -0.3 is 19.1 Å². The van der Waals surface area contributed by atoms with Crippen molar-refractivity contribution in [1.29, 1.82) is 0 Å². The molecule has 172 valence electrons. The minimum absolute atomic E-state index is 0.0213. The third-order valence-corrected chi connectivity index (χ3v) is 6.05. The number of ether oxygens (including phenoxy) is 2. The standard InChI is InChI=1S/C21H26N4O6S/c1-4-15(19(28)30-5-2)32-21-22-17-16(18(27)23-20(29)24(17)3)25(21)11-13(26)12-31-14-9-7-6-8-10-14/h6-10,13,15,26H,4-5,11-12H2,1-3H3,(H,23,27,29)/t13-,15-/m0/s1. The first kappa shape index (κ1) is 23.6. The molecule has 2 N–H and O–H groups in total. The van der Waals surface area contributed by atoms with Crippen LogP contribution in [0.3, 0.4) is 0 Å². The number of rotatable bonds is 10. The molecule has 0 saturated heterocycles. The maximum absolute atomic E-state index is 12.6. The largest absolute Gasteiger partial charge is 0.491 e. The molecular formula is C21H26N4O6S. The van der Waals surface area contributed by atoms with E-state index in [1.54, 1.807) is 19.1 Å². The molecule has 0 spiro atoms. The van der Waals surface area contributed by atoms with Crippen molar-refractivity contribution in [3.63, 3.8) is 0 Å². The van der Waals surface area contributed by atoms with Crippen molar-refractivity contribution in [2.45, 2.75) is 43.3 Å². The van der Waals surface area contributed by atoms with Gasteiger partial charge in [0, 0.05) is 7.05 Å². The highest BCUT2D eigenvalue weighted by Crippen LogP contribution is 2.28. The van der Waals surface area contributed by atoms with E-state index in [9.17, 15) is 19.5 Å². The van der Waals surface area contributed by atoms with Gasteiger partial charge in [0.05, 0.1) is 13.2 Å². The molecule has 10 nitrogen and oxygen atoms in total. The van der Waals surface area contributed by atoms with Gasteiger partial charge >= 0.3 is 11.7 Å². The number of benzene rings is 1. The van der Waals surface area contributed by atoms with E-state index in [4.69, 9.17) is 9.47 Å². The number of nitrogens with one attached hydrogen (secondary N) is 1. The number of esters is 1. The number of nitrogens with zero attached hydrogens (tertiary/aromatic N) is 3. The van der Waals surface area contributed by atoms with Crippen molar-refractivity contribution in [1.82, 2.24) is 19.1 Å². The Bertz CT molecular complexity index is 1190. The quantitative estimate of drug-likeness (QED) is 0.341. The smallest absolute Gasteiger partial charge is 0.329 e. The van der Waals surface area contributed by atoms with E-state index in [0.29, 0.717) is 17.3 Å². The summed E-state index contributed by atoms with van der Waals surface area (Å²) < 4.78 is 13.5. The average Bonchev–Trinajstić information content (AvgIpc) is 3.13. The number of thioether (sulfide) groups is 1. The first-order valence-electron chi connectivity index (χ1n) is 10.2. The molecule has 0 saturated carbocycles. The fourth-order valence-electron chi connectivity index (χ4n) is 3.11. The molecule has 0 fully saturated rings. The maximum Gasteiger partial charge on any atom is 0.329 e. The normalized spacial score (nSPS) is 13.1. The van der Waals surface area contributed by atoms with Crippen molar-refractivity contribution < 1.29 is 19.4 Å². The molecule has 0 bridgehead atoms. The summed E-state index contributed by atoms with van der Waals surface area (Å²) in [4.78, 5) is 43.6. The van der Waals surface area contributed by atoms with Crippen LogP contribution in [0, 0.1) is 0 Å². The zero-order valence-electron chi connectivity index (χ0n) is 18.1. The Morgan fingerprint density at radius 2 is 1.97 bits per heavy atom. The summed E-state index contributed by atoms with van der Waals surface area (Å²) in [5.74, 6) is 0.208. The Morgan fingerprint density at radius 1 is 1.25 bits per heavy atom. The Balaban J connectivity index is 1.95.